The Hall–Kier alpha value is -3.65. The third-order valence-electron chi connectivity index (χ3n) is 6.13. The van der Waals surface area contributed by atoms with Crippen molar-refractivity contribution in [2.75, 3.05) is 0 Å². The minimum absolute atomic E-state index is 0.429. The van der Waals surface area contributed by atoms with E-state index in [1.165, 1.54) is 27.8 Å². The van der Waals surface area contributed by atoms with E-state index in [-0.39, 0.29) is 0 Å². The molecule has 0 N–H and O–H groups in total. The quantitative estimate of drug-likeness (QED) is 0.279. The van der Waals surface area contributed by atoms with Gasteiger partial charge in [0.2, 0.25) is 0 Å². The zero-order valence-electron chi connectivity index (χ0n) is 19.6. The Bertz CT molecular complexity index is 1260. The number of aryl methyl sites for hydroxylation is 2. The number of hydrogen-bond acceptors (Lipinski definition) is 2. The summed E-state index contributed by atoms with van der Waals surface area (Å²) in [6.07, 6.45) is 14.1. The largest absolute Gasteiger partial charge is 0.488 e. The van der Waals surface area contributed by atoms with Crippen LogP contribution in [-0.2, 0) is 6.61 Å². The van der Waals surface area contributed by atoms with Gasteiger partial charge in [-0.3, -0.25) is 4.79 Å². The Balaban J connectivity index is 1.60. The Morgan fingerprint density at radius 2 is 1.70 bits per heavy atom. The van der Waals surface area contributed by atoms with Gasteiger partial charge in [0.1, 0.15) is 12.4 Å². The summed E-state index contributed by atoms with van der Waals surface area (Å²) in [6, 6.07) is 18.5. The molecule has 4 rings (SSSR count). The molecule has 0 heterocycles. The summed E-state index contributed by atoms with van der Waals surface area (Å²) >= 11 is 0. The number of carbonyl (C=O) groups excluding carboxylic acids is 1. The van der Waals surface area contributed by atoms with Crippen molar-refractivity contribution in [3.05, 3.63) is 117 Å². The molecular formula is C31H30O2. The molecule has 0 saturated carbocycles. The monoisotopic (exact) mass is 434 g/mol. The maximum Gasteiger partial charge on any atom is 0.153 e. The smallest absolute Gasteiger partial charge is 0.153 e. The molecule has 0 atom stereocenters. The van der Waals surface area contributed by atoms with Crippen molar-refractivity contribution in [3.8, 4) is 5.75 Å². The molecule has 2 heteroatoms. The lowest BCUT2D eigenvalue weighted by molar-refractivity contribution is 0.111. The Kier molecular flexibility index (Phi) is 7.04. The van der Waals surface area contributed by atoms with Gasteiger partial charge in [-0.1, -0.05) is 78.4 Å². The van der Waals surface area contributed by atoms with Crippen molar-refractivity contribution >= 4 is 24.0 Å². The van der Waals surface area contributed by atoms with Gasteiger partial charge in [-0.05, 0) is 84.7 Å². The highest BCUT2D eigenvalue weighted by atomic mass is 16.5. The normalized spacial score (nSPS) is 13.2. The SMILES string of the molecule is Cc1cccc(COc2cc(/C=C/c3cccc(C4=CCCC=C4)c3C)c(C)cc2C=O)c1. The van der Waals surface area contributed by atoms with Crippen molar-refractivity contribution in [2.45, 2.75) is 40.2 Å². The molecule has 2 nitrogen and oxygen atoms in total. The van der Waals surface area contributed by atoms with Crippen molar-refractivity contribution in [1.29, 1.82) is 0 Å². The topological polar surface area (TPSA) is 26.3 Å². The second kappa shape index (κ2) is 10.3. The van der Waals surface area contributed by atoms with Gasteiger partial charge in [0.05, 0.1) is 5.56 Å². The fourth-order valence-electron chi connectivity index (χ4n) is 4.23. The lowest BCUT2D eigenvalue weighted by Crippen LogP contribution is -2.00. The Morgan fingerprint density at radius 1 is 0.879 bits per heavy atom. The van der Waals surface area contributed by atoms with E-state index in [4.69, 9.17) is 4.74 Å². The van der Waals surface area contributed by atoms with Crippen LogP contribution in [0.4, 0.5) is 0 Å². The molecule has 1 aliphatic carbocycles. The summed E-state index contributed by atoms with van der Waals surface area (Å²) in [5, 5.41) is 0. The number of aldehydes is 1. The maximum atomic E-state index is 11.7. The average molecular weight is 435 g/mol. The van der Waals surface area contributed by atoms with Crippen LogP contribution >= 0.6 is 0 Å². The molecule has 0 unspecified atom stereocenters. The van der Waals surface area contributed by atoms with Gasteiger partial charge in [-0.2, -0.15) is 0 Å². The van der Waals surface area contributed by atoms with E-state index in [2.05, 4.69) is 74.6 Å². The predicted octanol–water partition coefficient (Wildman–Crippen LogP) is 7.91. The minimum Gasteiger partial charge on any atom is -0.488 e. The van der Waals surface area contributed by atoms with Gasteiger partial charge in [0.25, 0.3) is 0 Å². The molecule has 0 amide bonds. The number of hydrogen-bond donors (Lipinski definition) is 0. The fourth-order valence-corrected chi connectivity index (χ4v) is 4.23. The molecule has 0 spiro atoms. The van der Waals surface area contributed by atoms with Crippen LogP contribution in [0.2, 0.25) is 0 Å². The molecule has 0 bridgehead atoms. The molecule has 0 aliphatic heterocycles. The molecule has 0 saturated heterocycles. The highest BCUT2D eigenvalue weighted by molar-refractivity contribution is 5.84. The first kappa shape index (κ1) is 22.5. The Labute approximate surface area is 196 Å². The molecule has 1 aliphatic rings. The Morgan fingerprint density at radius 3 is 2.45 bits per heavy atom. The number of benzene rings is 3. The molecule has 0 aromatic heterocycles. The highest BCUT2D eigenvalue weighted by Crippen LogP contribution is 2.29. The van der Waals surface area contributed by atoms with Crippen LogP contribution in [0.3, 0.4) is 0 Å². The van der Waals surface area contributed by atoms with Crippen LogP contribution in [0.5, 0.6) is 5.75 Å². The molecule has 0 radical (unpaired) electrons. The molecule has 33 heavy (non-hydrogen) atoms. The van der Waals surface area contributed by atoms with Crippen molar-refractivity contribution < 1.29 is 9.53 Å². The van der Waals surface area contributed by atoms with Gasteiger partial charge in [-0.15, -0.1) is 0 Å². The molecule has 3 aromatic rings. The van der Waals surface area contributed by atoms with Crippen LogP contribution in [0.1, 0.15) is 62.1 Å². The second-order valence-corrected chi connectivity index (χ2v) is 8.63. The van der Waals surface area contributed by atoms with Gasteiger partial charge in [-0.25, -0.2) is 0 Å². The number of rotatable bonds is 7. The van der Waals surface area contributed by atoms with Crippen LogP contribution in [0.15, 0.2) is 72.8 Å². The van der Waals surface area contributed by atoms with Crippen LogP contribution in [-0.4, -0.2) is 6.29 Å². The van der Waals surface area contributed by atoms with Crippen molar-refractivity contribution in [2.24, 2.45) is 0 Å². The van der Waals surface area contributed by atoms with E-state index in [0.29, 0.717) is 17.9 Å². The third-order valence-corrected chi connectivity index (χ3v) is 6.13. The van der Waals surface area contributed by atoms with E-state index in [0.717, 1.165) is 35.8 Å². The van der Waals surface area contributed by atoms with Gasteiger partial charge >= 0.3 is 0 Å². The van der Waals surface area contributed by atoms with Crippen molar-refractivity contribution in [3.63, 3.8) is 0 Å². The number of allylic oxidation sites excluding steroid dienone is 4. The van der Waals surface area contributed by atoms with E-state index in [1.54, 1.807) is 0 Å². The first-order chi connectivity index (χ1) is 16.0. The minimum atomic E-state index is 0.429. The average Bonchev–Trinajstić information content (AvgIpc) is 2.83. The zero-order chi connectivity index (χ0) is 23.2. The van der Waals surface area contributed by atoms with Crippen molar-refractivity contribution in [1.82, 2.24) is 0 Å². The van der Waals surface area contributed by atoms with Crippen LogP contribution < -0.4 is 4.74 Å². The first-order valence-corrected chi connectivity index (χ1v) is 11.5. The standard InChI is InChI=1S/C31H30O2/c1-22-9-7-10-25(17-22)21-33-31-19-28(23(2)18-29(31)20-32)16-15-26-13-8-14-30(24(26)3)27-11-5-4-6-12-27/h5,7-20H,4,6,21H2,1-3H3/b16-15+. The number of carbonyl (C=O) groups is 1. The van der Waals surface area contributed by atoms with Gasteiger partial charge in [0.15, 0.2) is 6.29 Å². The molecule has 0 fully saturated rings. The second-order valence-electron chi connectivity index (χ2n) is 8.63. The molecular weight excluding hydrogens is 404 g/mol. The lowest BCUT2D eigenvalue weighted by atomic mass is 9.92. The predicted molar refractivity (Wildman–Crippen MR) is 139 cm³/mol. The van der Waals surface area contributed by atoms with E-state index >= 15 is 0 Å². The van der Waals surface area contributed by atoms with E-state index in [1.807, 2.05) is 31.2 Å². The summed E-state index contributed by atoms with van der Waals surface area (Å²) in [5.41, 5.74) is 9.98. The van der Waals surface area contributed by atoms with Gasteiger partial charge in [0, 0.05) is 0 Å². The van der Waals surface area contributed by atoms with E-state index in [9.17, 15) is 4.79 Å². The van der Waals surface area contributed by atoms with Crippen LogP contribution in [0, 0.1) is 20.8 Å². The summed E-state index contributed by atoms with van der Waals surface area (Å²) < 4.78 is 6.06. The first-order valence-electron chi connectivity index (χ1n) is 11.5. The highest BCUT2D eigenvalue weighted by Gasteiger charge is 2.09. The zero-order valence-corrected chi connectivity index (χ0v) is 19.6. The van der Waals surface area contributed by atoms with Crippen LogP contribution in [0.25, 0.3) is 17.7 Å². The van der Waals surface area contributed by atoms with E-state index < -0.39 is 0 Å². The van der Waals surface area contributed by atoms with Gasteiger partial charge < -0.3 is 4.74 Å². The lowest BCUT2D eigenvalue weighted by Gasteiger charge is -2.13. The summed E-state index contributed by atoms with van der Waals surface area (Å²) in [7, 11) is 0. The molecule has 166 valence electrons. The number of ether oxygens (including phenoxy) is 1. The molecule has 3 aromatic carbocycles. The maximum absolute atomic E-state index is 11.7. The fraction of sp³-hybridized carbons (Fsp3) is 0.194. The third kappa shape index (κ3) is 5.40. The summed E-state index contributed by atoms with van der Waals surface area (Å²) in [6.45, 7) is 6.70. The summed E-state index contributed by atoms with van der Waals surface area (Å²) in [5.74, 6) is 0.611. The summed E-state index contributed by atoms with van der Waals surface area (Å²) in [4.78, 5) is 11.7.